The Kier molecular flexibility index (Phi) is 4.43. The summed E-state index contributed by atoms with van der Waals surface area (Å²) in [5.41, 5.74) is 1.63. The van der Waals surface area contributed by atoms with Gasteiger partial charge in [0.15, 0.2) is 11.5 Å². The van der Waals surface area contributed by atoms with Gasteiger partial charge >= 0.3 is 0 Å². The van der Waals surface area contributed by atoms with Gasteiger partial charge in [-0.3, -0.25) is 4.79 Å². The Labute approximate surface area is 141 Å². The molecule has 0 spiro atoms. The molecule has 0 saturated heterocycles. The summed E-state index contributed by atoms with van der Waals surface area (Å²) in [5, 5.41) is 16.3. The molecule has 0 aliphatic rings. The average molecular weight is 373 g/mol. The number of nitrogens with zero attached hydrogens (tertiary/aromatic N) is 1. The normalized spacial score (nSPS) is 10.5. The van der Waals surface area contributed by atoms with Crippen LogP contribution in [-0.2, 0) is 6.54 Å². The van der Waals surface area contributed by atoms with Crippen LogP contribution < -0.4 is 5.32 Å². The van der Waals surface area contributed by atoms with Gasteiger partial charge in [-0.1, -0.05) is 45.4 Å². The van der Waals surface area contributed by atoms with Crippen LogP contribution in [0.15, 0.2) is 63.6 Å². The molecule has 23 heavy (non-hydrogen) atoms. The van der Waals surface area contributed by atoms with Gasteiger partial charge < -0.3 is 14.9 Å². The van der Waals surface area contributed by atoms with Crippen molar-refractivity contribution in [2.45, 2.75) is 6.54 Å². The smallest absolute Gasteiger partial charge is 0.273 e. The van der Waals surface area contributed by atoms with Crippen molar-refractivity contribution < 1.29 is 14.4 Å². The third-order valence-electron chi connectivity index (χ3n) is 3.25. The number of benzene rings is 2. The van der Waals surface area contributed by atoms with E-state index in [-0.39, 0.29) is 17.4 Å². The van der Waals surface area contributed by atoms with Crippen LogP contribution >= 0.6 is 15.9 Å². The van der Waals surface area contributed by atoms with Gasteiger partial charge in [0.25, 0.3) is 5.91 Å². The van der Waals surface area contributed by atoms with E-state index in [1.54, 1.807) is 24.3 Å². The molecule has 1 amide bonds. The van der Waals surface area contributed by atoms with Crippen LogP contribution in [0.5, 0.6) is 5.75 Å². The molecule has 3 rings (SSSR count). The van der Waals surface area contributed by atoms with E-state index < -0.39 is 0 Å². The lowest BCUT2D eigenvalue weighted by molar-refractivity contribution is 0.0942. The number of halogens is 1. The fourth-order valence-corrected chi connectivity index (χ4v) is 2.56. The molecule has 1 aromatic heterocycles. The summed E-state index contributed by atoms with van der Waals surface area (Å²) in [5.74, 6) is 0.0795. The summed E-state index contributed by atoms with van der Waals surface area (Å²) in [7, 11) is 0. The van der Waals surface area contributed by atoms with Gasteiger partial charge in [0.05, 0.1) is 5.56 Å². The van der Waals surface area contributed by atoms with Gasteiger partial charge in [0.1, 0.15) is 5.75 Å². The Balaban J connectivity index is 1.70. The van der Waals surface area contributed by atoms with Crippen LogP contribution in [0.2, 0.25) is 0 Å². The maximum atomic E-state index is 12.1. The van der Waals surface area contributed by atoms with Gasteiger partial charge in [0.2, 0.25) is 0 Å². The van der Waals surface area contributed by atoms with Gasteiger partial charge in [-0.25, -0.2) is 0 Å². The highest BCUT2D eigenvalue weighted by Crippen LogP contribution is 2.28. The topological polar surface area (TPSA) is 75.4 Å². The molecule has 0 atom stereocenters. The second-order valence-electron chi connectivity index (χ2n) is 4.91. The van der Waals surface area contributed by atoms with E-state index in [4.69, 9.17) is 4.52 Å². The Hall–Kier alpha value is -2.60. The summed E-state index contributed by atoms with van der Waals surface area (Å²) in [6, 6.07) is 15.9. The number of phenolic OH excluding ortho intramolecular Hbond substituents is 1. The molecule has 116 valence electrons. The Morgan fingerprint density at radius 2 is 2.00 bits per heavy atom. The lowest BCUT2D eigenvalue weighted by atomic mass is 10.1. The number of para-hydroxylation sites is 1. The van der Waals surface area contributed by atoms with E-state index in [0.29, 0.717) is 17.9 Å². The third kappa shape index (κ3) is 3.60. The van der Waals surface area contributed by atoms with Gasteiger partial charge in [-0.05, 0) is 29.8 Å². The lowest BCUT2D eigenvalue weighted by Crippen LogP contribution is -2.22. The second-order valence-corrected chi connectivity index (χ2v) is 5.82. The lowest BCUT2D eigenvalue weighted by Gasteiger charge is -2.03. The number of rotatable bonds is 4. The van der Waals surface area contributed by atoms with Crippen molar-refractivity contribution in [3.63, 3.8) is 0 Å². The summed E-state index contributed by atoms with van der Waals surface area (Å²) in [6.45, 7) is 0.386. The molecule has 0 aliphatic carbocycles. The Morgan fingerprint density at radius 3 is 2.78 bits per heavy atom. The maximum Gasteiger partial charge on any atom is 0.273 e. The van der Waals surface area contributed by atoms with Gasteiger partial charge in [0, 0.05) is 17.1 Å². The zero-order valence-electron chi connectivity index (χ0n) is 12.0. The molecule has 0 unspecified atom stereocenters. The van der Waals surface area contributed by atoms with Crippen molar-refractivity contribution in [1.82, 2.24) is 10.5 Å². The van der Waals surface area contributed by atoms with E-state index in [2.05, 4.69) is 26.4 Å². The number of nitrogens with one attached hydrogen (secondary N) is 1. The van der Waals surface area contributed by atoms with E-state index in [9.17, 15) is 9.90 Å². The molecule has 2 aromatic carbocycles. The minimum absolute atomic E-state index is 0.0738. The zero-order chi connectivity index (χ0) is 16.2. The van der Waals surface area contributed by atoms with Gasteiger partial charge in [-0.15, -0.1) is 0 Å². The molecule has 2 N–H and O–H groups in total. The van der Waals surface area contributed by atoms with Crippen LogP contribution in [-0.4, -0.2) is 16.2 Å². The van der Waals surface area contributed by atoms with E-state index in [0.717, 1.165) is 10.0 Å². The fraction of sp³-hybridized carbons (Fsp3) is 0.0588. The average Bonchev–Trinajstić information content (AvgIpc) is 3.03. The molecule has 6 heteroatoms. The van der Waals surface area contributed by atoms with E-state index >= 15 is 0 Å². The number of aromatic nitrogens is 1. The molecule has 5 nitrogen and oxygen atoms in total. The van der Waals surface area contributed by atoms with Crippen LogP contribution in [0.4, 0.5) is 0 Å². The number of amides is 1. The minimum atomic E-state index is -0.338. The molecular formula is C17H13BrN2O3. The minimum Gasteiger partial charge on any atom is -0.507 e. The maximum absolute atomic E-state index is 12.1. The number of aromatic hydroxyl groups is 1. The molecule has 0 aliphatic heterocycles. The standard InChI is InChI=1S/C17H13BrN2O3/c18-12-5-3-4-11(8-12)10-19-17(22)14-9-16(23-20-14)13-6-1-2-7-15(13)21/h1-9,21H,10H2,(H,19,22). The molecule has 1 heterocycles. The van der Waals surface area contributed by atoms with Crippen LogP contribution in [0.3, 0.4) is 0 Å². The summed E-state index contributed by atoms with van der Waals surface area (Å²) in [6.07, 6.45) is 0. The van der Waals surface area contributed by atoms with Crippen molar-refractivity contribution in [2.24, 2.45) is 0 Å². The first-order valence-electron chi connectivity index (χ1n) is 6.91. The number of phenols is 1. The second kappa shape index (κ2) is 6.66. The number of hydrogen-bond donors (Lipinski definition) is 2. The van der Waals surface area contributed by atoms with Crippen molar-refractivity contribution in [3.05, 3.63) is 70.3 Å². The van der Waals surface area contributed by atoms with Crippen LogP contribution in [0, 0.1) is 0 Å². The van der Waals surface area contributed by atoms with Crippen molar-refractivity contribution >= 4 is 21.8 Å². The van der Waals surface area contributed by atoms with E-state index in [1.165, 1.54) is 6.07 Å². The predicted molar refractivity (Wildman–Crippen MR) is 88.9 cm³/mol. The van der Waals surface area contributed by atoms with Crippen LogP contribution in [0.25, 0.3) is 11.3 Å². The summed E-state index contributed by atoms with van der Waals surface area (Å²) < 4.78 is 6.10. The zero-order valence-corrected chi connectivity index (χ0v) is 13.6. The highest BCUT2D eigenvalue weighted by molar-refractivity contribution is 9.10. The highest BCUT2D eigenvalue weighted by Gasteiger charge is 2.15. The molecular weight excluding hydrogens is 360 g/mol. The third-order valence-corrected chi connectivity index (χ3v) is 3.75. The molecule has 0 fully saturated rings. The molecule has 0 saturated carbocycles. The number of hydrogen-bond acceptors (Lipinski definition) is 4. The molecule has 0 radical (unpaired) electrons. The van der Waals surface area contributed by atoms with E-state index in [1.807, 2.05) is 24.3 Å². The monoisotopic (exact) mass is 372 g/mol. The summed E-state index contributed by atoms with van der Waals surface area (Å²) >= 11 is 3.39. The summed E-state index contributed by atoms with van der Waals surface area (Å²) in [4.78, 5) is 12.1. The number of carbonyl (C=O) groups is 1. The first-order valence-corrected chi connectivity index (χ1v) is 7.70. The fourth-order valence-electron chi connectivity index (χ4n) is 2.11. The predicted octanol–water partition coefficient (Wildman–Crippen LogP) is 3.74. The van der Waals surface area contributed by atoms with Crippen molar-refractivity contribution in [2.75, 3.05) is 0 Å². The van der Waals surface area contributed by atoms with Crippen molar-refractivity contribution in [3.8, 4) is 17.1 Å². The van der Waals surface area contributed by atoms with Crippen molar-refractivity contribution in [1.29, 1.82) is 0 Å². The Morgan fingerprint density at radius 1 is 1.17 bits per heavy atom. The largest absolute Gasteiger partial charge is 0.507 e. The highest BCUT2D eigenvalue weighted by atomic mass is 79.9. The first-order chi connectivity index (χ1) is 11.1. The Bertz CT molecular complexity index is 845. The van der Waals surface area contributed by atoms with Crippen LogP contribution in [0.1, 0.15) is 16.1 Å². The SMILES string of the molecule is O=C(NCc1cccc(Br)c1)c1cc(-c2ccccc2O)on1. The quantitative estimate of drug-likeness (QED) is 0.731. The first kappa shape index (κ1) is 15.3. The number of carbonyl (C=O) groups excluding carboxylic acids is 1. The molecule has 0 bridgehead atoms. The molecule has 3 aromatic rings. The van der Waals surface area contributed by atoms with Gasteiger partial charge in [-0.2, -0.15) is 0 Å².